The molecule has 2 aliphatic carbocycles. The standard InChI is InChI=1S/C29H30FNO4/c1-17-26(29(33)35-21-7-3-4-8-21)27(22-9-5-6-10-23(22)30)28-24(31-17)15-19(16-25(28)32)18-11-13-20(34-2)14-12-18/h5-6,9-14,19,21,27,31H,3-4,7-8,15-16H2,1-2H3/t19-,27+/m1/s1. The first kappa shape index (κ1) is 23.3. The topological polar surface area (TPSA) is 64.6 Å². The first-order valence-electron chi connectivity index (χ1n) is 12.3. The van der Waals surface area contributed by atoms with Gasteiger partial charge in [-0.1, -0.05) is 30.3 Å². The molecule has 5 nitrogen and oxygen atoms in total. The van der Waals surface area contributed by atoms with Crippen molar-refractivity contribution >= 4 is 11.8 Å². The van der Waals surface area contributed by atoms with Crippen LogP contribution in [0.25, 0.3) is 0 Å². The number of nitrogens with one attached hydrogen (secondary N) is 1. The van der Waals surface area contributed by atoms with Crippen LogP contribution in [0.1, 0.15) is 68.4 Å². The van der Waals surface area contributed by atoms with Gasteiger partial charge in [-0.15, -0.1) is 0 Å². The van der Waals surface area contributed by atoms with E-state index < -0.39 is 17.7 Å². The molecule has 2 aromatic rings. The fourth-order valence-electron chi connectivity index (χ4n) is 5.66. The summed E-state index contributed by atoms with van der Waals surface area (Å²) in [5.41, 5.74) is 3.55. The number of hydrogen-bond donors (Lipinski definition) is 1. The minimum atomic E-state index is -0.786. The Morgan fingerprint density at radius 2 is 1.74 bits per heavy atom. The lowest BCUT2D eigenvalue weighted by atomic mass is 9.71. The predicted molar refractivity (Wildman–Crippen MR) is 130 cm³/mol. The van der Waals surface area contributed by atoms with E-state index in [2.05, 4.69) is 5.32 Å². The van der Waals surface area contributed by atoms with E-state index >= 15 is 4.39 Å². The van der Waals surface area contributed by atoms with Crippen LogP contribution in [-0.2, 0) is 14.3 Å². The van der Waals surface area contributed by atoms with Crippen molar-refractivity contribution in [1.29, 1.82) is 0 Å². The number of methoxy groups -OCH3 is 1. The molecule has 0 bridgehead atoms. The smallest absolute Gasteiger partial charge is 0.337 e. The van der Waals surface area contributed by atoms with Crippen LogP contribution in [0.15, 0.2) is 71.1 Å². The van der Waals surface area contributed by atoms with Gasteiger partial charge in [0.1, 0.15) is 17.7 Å². The van der Waals surface area contributed by atoms with Crippen molar-refractivity contribution in [2.24, 2.45) is 0 Å². The van der Waals surface area contributed by atoms with Crippen LogP contribution >= 0.6 is 0 Å². The highest BCUT2D eigenvalue weighted by molar-refractivity contribution is 6.04. The van der Waals surface area contributed by atoms with Gasteiger partial charge in [-0.2, -0.15) is 0 Å². The molecular weight excluding hydrogens is 445 g/mol. The molecule has 0 radical (unpaired) electrons. The fourth-order valence-corrected chi connectivity index (χ4v) is 5.66. The monoisotopic (exact) mass is 475 g/mol. The molecule has 0 unspecified atom stereocenters. The molecule has 182 valence electrons. The molecule has 1 N–H and O–H groups in total. The molecule has 5 rings (SSSR count). The minimum absolute atomic E-state index is 0.0132. The summed E-state index contributed by atoms with van der Waals surface area (Å²) >= 11 is 0. The van der Waals surface area contributed by atoms with E-state index in [9.17, 15) is 9.59 Å². The molecule has 2 atom stereocenters. The molecule has 2 aromatic carbocycles. The normalized spacial score (nSPS) is 22.7. The molecule has 1 heterocycles. The highest BCUT2D eigenvalue weighted by Crippen LogP contribution is 2.46. The van der Waals surface area contributed by atoms with Crippen LogP contribution in [0.3, 0.4) is 0 Å². The average Bonchev–Trinajstić information content (AvgIpc) is 3.36. The summed E-state index contributed by atoms with van der Waals surface area (Å²) in [4.78, 5) is 27.0. The number of dihydropyridines is 1. The lowest BCUT2D eigenvalue weighted by Gasteiger charge is -2.37. The van der Waals surface area contributed by atoms with E-state index in [1.54, 1.807) is 25.3 Å². The zero-order chi connectivity index (χ0) is 24.5. The van der Waals surface area contributed by atoms with Crippen molar-refractivity contribution in [1.82, 2.24) is 5.32 Å². The lowest BCUT2D eigenvalue weighted by Crippen LogP contribution is -2.37. The Bertz CT molecular complexity index is 1210. The molecule has 1 aliphatic heterocycles. The fraction of sp³-hybridized carbons (Fsp3) is 0.379. The number of hydrogen-bond acceptors (Lipinski definition) is 5. The van der Waals surface area contributed by atoms with Crippen molar-refractivity contribution in [3.63, 3.8) is 0 Å². The van der Waals surface area contributed by atoms with Gasteiger partial charge in [0.25, 0.3) is 0 Å². The number of esters is 1. The van der Waals surface area contributed by atoms with Crippen molar-refractivity contribution in [2.75, 3.05) is 7.11 Å². The average molecular weight is 476 g/mol. The van der Waals surface area contributed by atoms with Crippen LogP contribution in [0.2, 0.25) is 0 Å². The number of ketones is 1. The number of carbonyl (C=O) groups is 2. The van der Waals surface area contributed by atoms with Gasteiger partial charge in [0.2, 0.25) is 0 Å². The van der Waals surface area contributed by atoms with Crippen LogP contribution in [-0.4, -0.2) is 25.0 Å². The molecule has 35 heavy (non-hydrogen) atoms. The van der Waals surface area contributed by atoms with Gasteiger partial charge in [-0.05, 0) is 68.7 Å². The molecule has 6 heteroatoms. The van der Waals surface area contributed by atoms with Crippen molar-refractivity contribution in [3.05, 3.63) is 88.0 Å². The van der Waals surface area contributed by atoms with Gasteiger partial charge in [-0.3, -0.25) is 4.79 Å². The van der Waals surface area contributed by atoms with Crippen molar-refractivity contribution in [3.8, 4) is 5.75 Å². The van der Waals surface area contributed by atoms with E-state index in [4.69, 9.17) is 9.47 Å². The number of allylic oxidation sites excluding steroid dienone is 3. The molecule has 3 aliphatic rings. The molecule has 0 amide bonds. The number of carbonyl (C=O) groups excluding carboxylic acids is 2. The van der Waals surface area contributed by atoms with E-state index in [-0.39, 0.29) is 17.8 Å². The summed E-state index contributed by atoms with van der Waals surface area (Å²) in [6.07, 6.45) is 4.51. The number of Topliss-reactive ketones (excluding diaryl/α,β-unsaturated/α-hetero) is 1. The van der Waals surface area contributed by atoms with Crippen LogP contribution in [0.4, 0.5) is 4.39 Å². The second kappa shape index (κ2) is 9.68. The SMILES string of the molecule is COc1ccc([C@H]2CC(=O)C3=C(C2)NC(C)=C(C(=O)OC2CCCC2)[C@@H]3c2ccccc2F)cc1. The maximum absolute atomic E-state index is 15.1. The highest BCUT2D eigenvalue weighted by Gasteiger charge is 2.42. The molecule has 0 aromatic heterocycles. The van der Waals surface area contributed by atoms with E-state index in [0.717, 1.165) is 42.7 Å². The zero-order valence-electron chi connectivity index (χ0n) is 20.1. The molecule has 0 spiro atoms. The van der Waals surface area contributed by atoms with Gasteiger partial charge in [0.05, 0.1) is 18.6 Å². The van der Waals surface area contributed by atoms with Gasteiger partial charge >= 0.3 is 5.97 Å². The Balaban J connectivity index is 1.53. The van der Waals surface area contributed by atoms with Gasteiger partial charge in [0.15, 0.2) is 5.78 Å². The van der Waals surface area contributed by atoms with Crippen LogP contribution < -0.4 is 10.1 Å². The predicted octanol–water partition coefficient (Wildman–Crippen LogP) is 5.68. The summed E-state index contributed by atoms with van der Waals surface area (Å²) in [5, 5.41) is 3.34. The Morgan fingerprint density at radius 3 is 2.43 bits per heavy atom. The van der Waals surface area contributed by atoms with E-state index in [1.807, 2.05) is 31.2 Å². The number of rotatable bonds is 5. The third-order valence-corrected chi connectivity index (χ3v) is 7.43. The molecule has 0 saturated heterocycles. The van der Waals surface area contributed by atoms with E-state index in [0.29, 0.717) is 35.2 Å². The Hall–Kier alpha value is -3.41. The van der Waals surface area contributed by atoms with E-state index in [1.165, 1.54) is 6.07 Å². The maximum Gasteiger partial charge on any atom is 0.337 e. The zero-order valence-corrected chi connectivity index (χ0v) is 20.1. The third kappa shape index (κ3) is 4.49. The number of halogens is 1. The summed E-state index contributed by atoms with van der Waals surface area (Å²) in [7, 11) is 1.62. The minimum Gasteiger partial charge on any atom is -0.497 e. The van der Waals surface area contributed by atoms with Crippen LogP contribution in [0.5, 0.6) is 5.75 Å². The third-order valence-electron chi connectivity index (χ3n) is 7.43. The summed E-state index contributed by atoms with van der Waals surface area (Å²) in [5.74, 6) is -1.02. The highest BCUT2D eigenvalue weighted by atomic mass is 19.1. The number of ether oxygens (including phenoxy) is 2. The van der Waals surface area contributed by atoms with Crippen LogP contribution in [0, 0.1) is 5.82 Å². The largest absolute Gasteiger partial charge is 0.497 e. The molecule has 1 fully saturated rings. The Kier molecular flexibility index (Phi) is 6.46. The van der Waals surface area contributed by atoms with Crippen molar-refractivity contribution < 1.29 is 23.5 Å². The quantitative estimate of drug-likeness (QED) is 0.564. The van der Waals surface area contributed by atoms with Gasteiger partial charge in [0, 0.05) is 29.0 Å². The number of benzene rings is 2. The van der Waals surface area contributed by atoms with Gasteiger partial charge < -0.3 is 14.8 Å². The summed E-state index contributed by atoms with van der Waals surface area (Å²) in [6, 6.07) is 14.1. The summed E-state index contributed by atoms with van der Waals surface area (Å²) in [6.45, 7) is 1.81. The second-order valence-corrected chi connectivity index (χ2v) is 9.62. The summed E-state index contributed by atoms with van der Waals surface area (Å²) < 4.78 is 26.2. The Labute approximate surface area is 205 Å². The first-order valence-corrected chi connectivity index (χ1v) is 12.3. The van der Waals surface area contributed by atoms with Crippen molar-refractivity contribution in [2.45, 2.75) is 63.4 Å². The lowest BCUT2D eigenvalue weighted by molar-refractivity contribution is -0.144. The van der Waals surface area contributed by atoms with Gasteiger partial charge in [-0.25, -0.2) is 9.18 Å². The molecule has 1 saturated carbocycles. The first-order chi connectivity index (χ1) is 17.0. The maximum atomic E-state index is 15.1. The second-order valence-electron chi connectivity index (χ2n) is 9.62. The Morgan fingerprint density at radius 1 is 1.03 bits per heavy atom. The molecular formula is C29H30FNO4.